The predicted octanol–water partition coefficient (Wildman–Crippen LogP) is 2.70. The first kappa shape index (κ1) is 22.2. The molecule has 0 heterocycles. The van der Waals surface area contributed by atoms with E-state index in [1.807, 2.05) is 60.7 Å². The topological polar surface area (TPSA) is 134 Å². The summed E-state index contributed by atoms with van der Waals surface area (Å²) < 4.78 is 0. The van der Waals surface area contributed by atoms with E-state index in [1.165, 1.54) is 12.3 Å². The summed E-state index contributed by atoms with van der Waals surface area (Å²) in [6, 6.07) is 22.2. The van der Waals surface area contributed by atoms with Crippen molar-refractivity contribution in [3.05, 3.63) is 106 Å². The van der Waals surface area contributed by atoms with E-state index >= 15 is 0 Å². The minimum Gasteiger partial charge on any atom is -0.502 e. The third-order valence-corrected chi connectivity index (χ3v) is 4.55. The van der Waals surface area contributed by atoms with Gasteiger partial charge in [0.1, 0.15) is 0 Å². The maximum Gasteiger partial charge on any atom is 0.311 e. The van der Waals surface area contributed by atoms with Crippen LogP contribution in [0.2, 0.25) is 0 Å². The smallest absolute Gasteiger partial charge is 0.311 e. The Bertz CT molecular complexity index is 1090. The second-order valence-corrected chi connectivity index (χ2v) is 6.77. The van der Waals surface area contributed by atoms with Gasteiger partial charge in [0.2, 0.25) is 5.91 Å². The van der Waals surface area contributed by atoms with Crippen molar-refractivity contribution in [3.8, 4) is 5.75 Å². The summed E-state index contributed by atoms with van der Waals surface area (Å²) in [5, 5.41) is 26.7. The number of hydrogen-bond acceptors (Lipinski definition) is 6. The molecule has 3 N–H and O–H groups in total. The van der Waals surface area contributed by atoms with E-state index < -0.39 is 28.2 Å². The van der Waals surface area contributed by atoms with Gasteiger partial charge in [-0.3, -0.25) is 19.7 Å². The van der Waals surface area contributed by atoms with Crippen molar-refractivity contribution in [2.24, 2.45) is 5.10 Å². The highest BCUT2D eigenvalue weighted by molar-refractivity contribution is 5.91. The minimum atomic E-state index is -0.726. The number of nitro benzene ring substituents is 1. The number of carbonyl (C=O) groups is 2. The van der Waals surface area contributed by atoms with Gasteiger partial charge in [-0.1, -0.05) is 60.7 Å². The van der Waals surface area contributed by atoms with Crippen LogP contribution >= 0.6 is 0 Å². The zero-order valence-electron chi connectivity index (χ0n) is 16.8. The Morgan fingerprint density at radius 3 is 2.16 bits per heavy atom. The number of benzene rings is 3. The molecule has 0 fully saturated rings. The fraction of sp³-hybridized carbons (Fsp3) is 0.0870. The first-order valence-electron chi connectivity index (χ1n) is 9.62. The summed E-state index contributed by atoms with van der Waals surface area (Å²) in [6.07, 6.45) is 1.20. The molecule has 9 nitrogen and oxygen atoms in total. The van der Waals surface area contributed by atoms with E-state index in [2.05, 4.69) is 15.8 Å². The molecule has 0 bridgehead atoms. The third-order valence-electron chi connectivity index (χ3n) is 4.55. The van der Waals surface area contributed by atoms with Gasteiger partial charge in [-0.25, -0.2) is 5.43 Å². The number of aromatic hydroxyl groups is 1. The quantitative estimate of drug-likeness (QED) is 0.286. The van der Waals surface area contributed by atoms with Crippen LogP contribution in [0.4, 0.5) is 5.69 Å². The van der Waals surface area contributed by atoms with E-state index in [9.17, 15) is 24.8 Å². The van der Waals surface area contributed by atoms with Gasteiger partial charge in [0.05, 0.1) is 23.6 Å². The molecule has 0 saturated carbocycles. The number of hydrogen-bond donors (Lipinski definition) is 3. The predicted molar refractivity (Wildman–Crippen MR) is 118 cm³/mol. The molecule has 0 saturated heterocycles. The Kier molecular flexibility index (Phi) is 7.26. The van der Waals surface area contributed by atoms with E-state index in [4.69, 9.17) is 0 Å². The molecule has 3 aromatic carbocycles. The van der Waals surface area contributed by atoms with Gasteiger partial charge in [-0.2, -0.15) is 5.10 Å². The van der Waals surface area contributed by atoms with Crippen LogP contribution in [-0.4, -0.2) is 34.6 Å². The molecule has 3 rings (SSSR count). The van der Waals surface area contributed by atoms with Crippen LogP contribution in [0.1, 0.15) is 22.6 Å². The summed E-state index contributed by atoms with van der Waals surface area (Å²) in [5.41, 5.74) is 3.68. The number of nitrogens with one attached hydrogen (secondary N) is 2. The van der Waals surface area contributed by atoms with Gasteiger partial charge in [0.25, 0.3) is 5.91 Å². The zero-order valence-corrected chi connectivity index (χ0v) is 16.8. The first-order chi connectivity index (χ1) is 15.5. The van der Waals surface area contributed by atoms with Gasteiger partial charge in [0, 0.05) is 11.6 Å². The highest BCUT2D eigenvalue weighted by Crippen LogP contribution is 2.26. The number of phenols is 1. The van der Waals surface area contributed by atoms with Crippen LogP contribution in [0, 0.1) is 10.1 Å². The lowest BCUT2D eigenvalue weighted by molar-refractivity contribution is -0.385. The molecule has 9 heteroatoms. The summed E-state index contributed by atoms with van der Waals surface area (Å²) in [5.74, 6) is -1.95. The molecule has 32 heavy (non-hydrogen) atoms. The molecule has 0 aromatic heterocycles. The maximum absolute atomic E-state index is 12.9. The standard InChI is InChI=1S/C23H20N4O5/c28-20-12-11-16(13-19(20)27(31)32)14-25-26-21(29)15-24-23(30)22(17-7-3-1-4-8-17)18-9-5-2-6-10-18/h1-14,22,28H,15H2,(H,24,30)(H,26,29)/b25-14-. The van der Waals surface area contributed by atoms with Crippen LogP contribution in [0.25, 0.3) is 0 Å². The highest BCUT2D eigenvalue weighted by atomic mass is 16.6. The van der Waals surface area contributed by atoms with E-state index in [-0.39, 0.29) is 12.5 Å². The Morgan fingerprint density at radius 2 is 1.59 bits per heavy atom. The SMILES string of the molecule is O=C(CNC(=O)C(c1ccccc1)c1ccccc1)N/N=C\c1ccc(O)c([N+](=O)[O-])c1. The van der Waals surface area contributed by atoms with Crippen LogP contribution in [-0.2, 0) is 9.59 Å². The molecule has 2 amide bonds. The van der Waals surface area contributed by atoms with Crippen LogP contribution in [0.3, 0.4) is 0 Å². The van der Waals surface area contributed by atoms with Crippen molar-refractivity contribution >= 4 is 23.7 Å². The Morgan fingerprint density at radius 1 is 1.00 bits per heavy atom. The highest BCUT2D eigenvalue weighted by Gasteiger charge is 2.22. The molecule has 0 atom stereocenters. The van der Waals surface area contributed by atoms with Crippen molar-refractivity contribution in [2.75, 3.05) is 6.54 Å². The van der Waals surface area contributed by atoms with E-state index in [0.717, 1.165) is 23.3 Å². The average Bonchev–Trinajstić information content (AvgIpc) is 2.80. The van der Waals surface area contributed by atoms with Gasteiger partial charge in [0.15, 0.2) is 5.75 Å². The van der Waals surface area contributed by atoms with E-state index in [0.29, 0.717) is 5.56 Å². The lowest BCUT2D eigenvalue weighted by atomic mass is 9.90. The molecule has 0 aliphatic rings. The second-order valence-electron chi connectivity index (χ2n) is 6.77. The lowest BCUT2D eigenvalue weighted by Crippen LogP contribution is -2.37. The molecule has 0 spiro atoms. The van der Waals surface area contributed by atoms with Crippen LogP contribution < -0.4 is 10.7 Å². The van der Waals surface area contributed by atoms with Crippen molar-refractivity contribution < 1.29 is 19.6 Å². The fourth-order valence-corrected chi connectivity index (χ4v) is 3.04. The number of nitrogens with zero attached hydrogens (tertiary/aromatic N) is 2. The van der Waals surface area contributed by atoms with E-state index in [1.54, 1.807) is 0 Å². The number of amides is 2. The van der Waals surface area contributed by atoms with Gasteiger partial charge >= 0.3 is 5.69 Å². The Hall–Kier alpha value is -4.53. The Labute approximate surface area is 183 Å². The molecular weight excluding hydrogens is 412 g/mol. The monoisotopic (exact) mass is 432 g/mol. The number of phenolic OH excluding ortho intramolecular Hbond substituents is 1. The van der Waals surface area contributed by atoms with Crippen LogP contribution in [0.5, 0.6) is 5.75 Å². The second kappa shape index (κ2) is 10.5. The third kappa shape index (κ3) is 5.76. The van der Waals surface area contributed by atoms with Crippen molar-refractivity contribution in [2.45, 2.75) is 5.92 Å². The zero-order chi connectivity index (χ0) is 22.9. The molecular formula is C23H20N4O5. The van der Waals surface area contributed by atoms with Gasteiger partial charge in [-0.05, 0) is 23.3 Å². The van der Waals surface area contributed by atoms with Crippen molar-refractivity contribution in [3.63, 3.8) is 0 Å². The Balaban J connectivity index is 1.61. The molecule has 0 radical (unpaired) electrons. The van der Waals surface area contributed by atoms with Crippen molar-refractivity contribution in [1.82, 2.24) is 10.7 Å². The van der Waals surface area contributed by atoms with Crippen molar-refractivity contribution in [1.29, 1.82) is 0 Å². The van der Waals surface area contributed by atoms with Gasteiger partial charge < -0.3 is 10.4 Å². The summed E-state index contributed by atoms with van der Waals surface area (Å²) in [7, 11) is 0. The largest absolute Gasteiger partial charge is 0.502 e. The lowest BCUT2D eigenvalue weighted by Gasteiger charge is -2.17. The molecule has 0 unspecified atom stereocenters. The number of nitro groups is 1. The summed E-state index contributed by atoms with van der Waals surface area (Å²) >= 11 is 0. The summed E-state index contributed by atoms with van der Waals surface area (Å²) in [6.45, 7) is -0.304. The fourth-order valence-electron chi connectivity index (χ4n) is 3.04. The molecule has 162 valence electrons. The number of hydrazone groups is 1. The number of rotatable bonds is 8. The minimum absolute atomic E-state index is 0.304. The molecule has 0 aliphatic carbocycles. The average molecular weight is 432 g/mol. The molecule has 0 aliphatic heterocycles. The van der Waals surface area contributed by atoms with Crippen LogP contribution in [0.15, 0.2) is 84.0 Å². The molecule has 3 aromatic rings. The van der Waals surface area contributed by atoms with Gasteiger partial charge in [-0.15, -0.1) is 0 Å². The number of carbonyl (C=O) groups excluding carboxylic acids is 2. The first-order valence-corrected chi connectivity index (χ1v) is 9.62. The maximum atomic E-state index is 12.9. The normalized spacial score (nSPS) is 10.8. The summed E-state index contributed by atoms with van der Waals surface area (Å²) in [4.78, 5) is 35.1.